The fourth-order valence-corrected chi connectivity index (χ4v) is 9.76. The summed E-state index contributed by atoms with van der Waals surface area (Å²) < 4.78 is 22.8. The fraction of sp³-hybridized carbons (Fsp3) is 0.705. The van der Waals surface area contributed by atoms with Crippen LogP contribution in [0.25, 0.3) is 0 Å². The van der Waals surface area contributed by atoms with Crippen LogP contribution in [0.15, 0.2) is 122 Å². The summed E-state index contributed by atoms with van der Waals surface area (Å²) in [7, 11) is 5.92. The van der Waals surface area contributed by atoms with Crippen molar-refractivity contribution in [3.8, 4) is 0 Å². The molecule has 0 bridgehead atoms. The number of nitrogens with zero attached hydrogens (tertiary/aromatic N) is 1. The lowest BCUT2D eigenvalue weighted by molar-refractivity contribution is -0.870. The van der Waals surface area contributed by atoms with Crippen molar-refractivity contribution in [1.82, 2.24) is 0 Å². The highest BCUT2D eigenvalue weighted by atomic mass is 16.7. The van der Waals surface area contributed by atoms with E-state index in [4.69, 9.17) is 18.9 Å². The van der Waals surface area contributed by atoms with Crippen molar-refractivity contribution in [2.75, 3.05) is 47.5 Å². The highest BCUT2D eigenvalue weighted by Gasteiger charge is 2.22. The highest BCUT2D eigenvalue weighted by molar-refractivity contribution is 5.70. The molecular formula is C78H133NO8. The van der Waals surface area contributed by atoms with Gasteiger partial charge >= 0.3 is 11.9 Å². The summed E-state index contributed by atoms with van der Waals surface area (Å²) >= 11 is 0. The number of hydrogen-bond acceptors (Lipinski definition) is 8. The zero-order valence-electron chi connectivity index (χ0n) is 56.9. The number of likely N-dealkylation sites (N-methyl/N-ethyl adjacent to an activating group) is 1. The van der Waals surface area contributed by atoms with Gasteiger partial charge in [0.25, 0.3) is 0 Å². The van der Waals surface area contributed by atoms with E-state index in [1.54, 1.807) is 0 Å². The molecule has 0 aliphatic carbocycles. The molecule has 0 aromatic heterocycles. The Morgan fingerprint density at radius 2 is 0.655 bits per heavy atom. The molecule has 0 heterocycles. The normalized spacial score (nSPS) is 13.4. The third-order valence-corrected chi connectivity index (χ3v) is 15.2. The van der Waals surface area contributed by atoms with Gasteiger partial charge < -0.3 is 33.3 Å². The van der Waals surface area contributed by atoms with Gasteiger partial charge in [-0.15, -0.1) is 0 Å². The minimum Gasteiger partial charge on any atom is -0.545 e. The van der Waals surface area contributed by atoms with E-state index in [1.165, 1.54) is 154 Å². The second-order valence-electron chi connectivity index (χ2n) is 24.8. The van der Waals surface area contributed by atoms with Gasteiger partial charge in [-0.25, -0.2) is 0 Å². The Morgan fingerprint density at radius 3 is 0.989 bits per heavy atom. The molecule has 0 N–H and O–H groups in total. The van der Waals surface area contributed by atoms with Crippen LogP contribution >= 0.6 is 0 Å². The summed E-state index contributed by atoms with van der Waals surface area (Å²) in [6.07, 6.45) is 92.8. The van der Waals surface area contributed by atoms with E-state index in [0.717, 1.165) is 109 Å². The molecule has 0 spiro atoms. The summed E-state index contributed by atoms with van der Waals surface area (Å²) in [5, 5.41) is 11.8. The molecule has 0 aromatic carbocycles. The molecule has 0 saturated carbocycles. The molecule has 9 nitrogen and oxygen atoms in total. The maximum Gasteiger partial charge on any atom is 0.306 e. The van der Waals surface area contributed by atoms with E-state index >= 15 is 0 Å². The molecule has 0 radical (unpaired) electrons. The Bertz CT molecular complexity index is 1840. The van der Waals surface area contributed by atoms with E-state index in [1.807, 2.05) is 21.1 Å². The molecular weight excluding hydrogens is 1080 g/mol. The van der Waals surface area contributed by atoms with Gasteiger partial charge in [-0.2, -0.15) is 0 Å². The van der Waals surface area contributed by atoms with E-state index in [-0.39, 0.29) is 38.6 Å². The number of esters is 2. The van der Waals surface area contributed by atoms with E-state index < -0.39 is 24.3 Å². The standard InChI is InChI=1S/C78H133NO8/c1-6-8-10-12-14-16-18-20-22-24-26-28-30-32-34-36-37-38-39-41-43-45-47-49-51-53-55-57-59-61-63-65-67-69-76(81)87-74(73-86-78(77(82)83)84-71-70-79(3,4)5)72-85-75(80)68-66-64-62-60-58-56-54-52-50-48-46-44-42-40-35-33-31-29-27-25-23-21-19-17-15-13-11-9-7-2/h8,10,14,16,20,22,25-28,32,34,37-38,41,43,47,49,53,55,74,78H,6-7,9,11-13,15,17-19,21,23-24,29-31,33,35-36,39-40,42,44-46,48,50-52,54,56-73H2,1-5H3/b10-8-,16-14-,22-20-,27-25-,28-26-,34-32-,38-37-,43-41-,49-47-,55-53-. The van der Waals surface area contributed by atoms with E-state index in [9.17, 15) is 19.5 Å². The predicted octanol–water partition coefficient (Wildman–Crippen LogP) is 21.0. The minimum atomic E-state index is -1.63. The van der Waals surface area contributed by atoms with Crippen LogP contribution in [0.5, 0.6) is 0 Å². The molecule has 0 saturated heterocycles. The third kappa shape index (κ3) is 69.0. The first-order chi connectivity index (χ1) is 42.6. The lowest BCUT2D eigenvalue weighted by Crippen LogP contribution is -2.44. The molecule has 9 heteroatoms. The zero-order chi connectivity index (χ0) is 63.3. The van der Waals surface area contributed by atoms with Gasteiger partial charge in [-0.05, 0) is 109 Å². The number of ether oxygens (including phenoxy) is 4. The molecule has 498 valence electrons. The largest absolute Gasteiger partial charge is 0.545 e. The number of carboxylic acid groups (broad SMARTS) is 1. The second kappa shape index (κ2) is 67.6. The highest BCUT2D eigenvalue weighted by Crippen LogP contribution is 2.17. The van der Waals surface area contributed by atoms with Crippen LogP contribution in [-0.2, 0) is 33.3 Å². The lowest BCUT2D eigenvalue weighted by Gasteiger charge is -2.26. The molecule has 0 aliphatic rings. The Balaban J connectivity index is 4.19. The number of carbonyl (C=O) groups is 3. The average molecular weight is 1210 g/mol. The third-order valence-electron chi connectivity index (χ3n) is 15.2. The maximum atomic E-state index is 12.9. The van der Waals surface area contributed by atoms with Crippen LogP contribution in [0.3, 0.4) is 0 Å². The Morgan fingerprint density at radius 1 is 0.356 bits per heavy atom. The summed E-state index contributed by atoms with van der Waals surface area (Å²) in [5.41, 5.74) is 0. The van der Waals surface area contributed by atoms with Crippen molar-refractivity contribution in [3.63, 3.8) is 0 Å². The molecule has 0 aromatic rings. The van der Waals surface area contributed by atoms with Crippen LogP contribution < -0.4 is 5.11 Å². The smallest absolute Gasteiger partial charge is 0.306 e. The Labute approximate surface area is 536 Å². The lowest BCUT2D eigenvalue weighted by atomic mass is 10.0. The molecule has 87 heavy (non-hydrogen) atoms. The zero-order valence-corrected chi connectivity index (χ0v) is 56.9. The summed E-state index contributed by atoms with van der Waals surface area (Å²) in [6.45, 7) is 4.63. The van der Waals surface area contributed by atoms with Gasteiger partial charge in [0.05, 0.1) is 40.3 Å². The number of allylic oxidation sites excluding steroid dienone is 20. The summed E-state index contributed by atoms with van der Waals surface area (Å²) in [4.78, 5) is 37.5. The average Bonchev–Trinajstić information content (AvgIpc) is 3.59. The van der Waals surface area contributed by atoms with E-state index in [2.05, 4.69) is 135 Å². The summed E-state index contributed by atoms with van der Waals surface area (Å²) in [6, 6.07) is 0. The van der Waals surface area contributed by atoms with Crippen LogP contribution in [0, 0.1) is 0 Å². The Kier molecular flexibility index (Phi) is 64.3. The van der Waals surface area contributed by atoms with Crippen molar-refractivity contribution in [2.45, 2.75) is 309 Å². The molecule has 0 fully saturated rings. The van der Waals surface area contributed by atoms with Gasteiger partial charge in [0.2, 0.25) is 0 Å². The van der Waals surface area contributed by atoms with Crippen molar-refractivity contribution in [3.05, 3.63) is 122 Å². The molecule has 0 rings (SSSR count). The van der Waals surface area contributed by atoms with E-state index in [0.29, 0.717) is 17.4 Å². The van der Waals surface area contributed by atoms with Crippen LogP contribution in [0.2, 0.25) is 0 Å². The van der Waals surface area contributed by atoms with Crippen molar-refractivity contribution in [1.29, 1.82) is 0 Å². The topological polar surface area (TPSA) is 111 Å². The second-order valence-corrected chi connectivity index (χ2v) is 24.8. The first-order valence-electron chi connectivity index (χ1n) is 35.7. The number of aliphatic carboxylic acids is 1. The molecule has 0 amide bonds. The van der Waals surface area contributed by atoms with Crippen LogP contribution in [0.4, 0.5) is 0 Å². The number of unbranched alkanes of at least 4 members (excludes halogenated alkanes) is 30. The van der Waals surface area contributed by atoms with Gasteiger partial charge in [0.15, 0.2) is 12.4 Å². The van der Waals surface area contributed by atoms with Crippen LogP contribution in [-0.4, -0.2) is 82.3 Å². The number of quaternary nitrogens is 1. The van der Waals surface area contributed by atoms with Gasteiger partial charge in [-0.1, -0.05) is 296 Å². The van der Waals surface area contributed by atoms with Gasteiger partial charge in [-0.3, -0.25) is 9.59 Å². The Hall–Kier alpha value is -4.31. The molecule has 2 atom stereocenters. The number of hydrogen-bond donors (Lipinski definition) is 0. The number of rotatable bonds is 65. The number of carbonyl (C=O) groups excluding carboxylic acids is 3. The van der Waals surface area contributed by atoms with Gasteiger partial charge in [0, 0.05) is 12.8 Å². The maximum absolute atomic E-state index is 12.9. The number of carboxylic acids is 1. The first kappa shape index (κ1) is 82.7. The quantitative estimate of drug-likeness (QED) is 0.0195. The fourth-order valence-electron chi connectivity index (χ4n) is 9.76. The van der Waals surface area contributed by atoms with Crippen molar-refractivity contribution in [2.24, 2.45) is 0 Å². The van der Waals surface area contributed by atoms with Crippen molar-refractivity contribution >= 4 is 17.9 Å². The molecule has 0 aliphatic heterocycles. The predicted molar refractivity (Wildman–Crippen MR) is 370 cm³/mol. The minimum absolute atomic E-state index is 0.138. The SMILES string of the molecule is CC/C=C\C/C=C\C/C=C\C/C=C\C/C=C\C/C=C\C/C=C\C/C=C\C/C=C\CCCCCCCC(=O)OC(COC(=O)CCCCCCCCCCCCCCCCCCC/C=C\CCCCCCCCCC)COC(OCC[N+](C)(C)C)C(=O)[O-]. The van der Waals surface area contributed by atoms with Crippen molar-refractivity contribution < 1.29 is 42.9 Å². The monoisotopic (exact) mass is 1210 g/mol. The summed E-state index contributed by atoms with van der Waals surface area (Å²) in [5.74, 6) is -2.31. The first-order valence-corrected chi connectivity index (χ1v) is 35.7. The molecule has 2 unspecified atom stereocenters. The van der Waals surface area contributed by atoms with Crippen LogP contribution in [0.1, 0.15) is 296 Å². The van der Waals surface area contributed by atoms with Gasteiger partial charge in [0.1, 0.15) is 13.2 Å².